The van der Waals surface area contributed by atoms with E-state index < -0.39 is 0 Å². The van der Waals surface area contributed by atoms with Gasteiger partial charge in [0.1, 0.15) is 12.4 Å². The summed E-state index contributed by atoms with van der Waals surface area (Å²) in [5.74, 6) is 3.30. The number of aryl methyl sites for hydroxylation is 1. The lowest BCUT2D eigenvalue weighted by atomic mass is 10.1. The van der Waals surface area contributed by atoms with Crippen LogP contribution in [0.1, 0.15) is 52.2 Å². The molecule has 0 saturated carbocycles. The molecule has 3 rings (SSSR count). The van der Waals surface area contributed by atoms with Crippen LogP contribution in [-0.2, 0) is 13.6 Å². The van der Waals surface area contributed by atoms with Crippen LogP contribution in [0.3, 0.4) is 0 Å². The number of hydrogen-bond acceptors (Lipinski definition) is 5. The summed E-state index contributed by atoms with van der Waals surface area (Å²) in [6.07, 6.45) is 2.55. The fourth-order valence-corrected chi connectivity index (χ4v) is 4.44. The standard InChI is InChI=1S/C21H40N8.HI/c1-7-28-10-8-9-18(28)11-22-21(23-12-20-26-25-17(5)27(20)6)24-19-14-29(15(2)3)13-16(19)4;/h15-16,18-19H,7-14H2,1-6H3,(H2,22,23,24);1H. The van der Waals surface area contributed by atoms with Gasteiger partial charge in [0.2, 0.25) is 0 Å². The lowest BCUT2D eigenvalue weighted by Crippen LogP contribution is -2.50. The van der Waals surface area contributed by atoms with Gasteiger partial charge in [-0.25, -0.2) is 4.99 Å². The van der Waals surface area contributed by atoms with E-state index in [4.69, 9.17) is 4.99 Å². The van der Waals surface area contributed by atoms with Crippen LogP contribution in [-0.4, -0.2) is 81.4 Å². The van der Waals surface area contributed by atoms with Crippen LogP contribution in [0.5, 0.6) is 0 Å². The molecule has 0 spiro atoms. The van der Waals surface area contributed by atoms with Crippen molar-refractivity contribution in [2.75, 3.05) is 32.7 Å². The Kier molecular flexibility index (Phi) is 9.80. The second-order valence-corrected chi connectivity index (χ2v) is 8.97. The van der Waals surface area contributed by atoms with Crippen molar-refractivity contribution in [3.8, 4) is 0 Å². The van der Waals surface area contributed by atoms with Gasteiger partial charge in [-0.15, -0.1) is 34.2 Å². The monoisotopic (exact) mass is 532 g/mol. The Balaban J connectivity index is 0.00000320. The van der Waals surface area contributed by atoms with E-state index in [-0.39, 0.29) is 24.0 Å². The molecule has 172 valence electrons. The lowest BCUT2D eigenvalue weighted by molar-refractivity contribution is 0.264. The van der Waals surface area contributed by atoms with Gasteiger partial charge in [-0.2, -0.15) is 0 Å². The van der Waals surface area contributed by atoms with Crippen molar-refractivity contribution >= 4 is 29.9 Å². The summed E-state index contributed by atoms with van der Waals surface area (Å²) in [6, 6.07) is 1.59. The Bertz CT molecular complexity index is 689. The minimum atomic E-state index is 0. The summed E-state index contributed by atoms with van der Waals surface area (Å²) in [5.41, 5.74) is 0. The van der Waals surface area contributed by atoms with Crippen molar-refractivity contribution in [2.24, 2.45) is 18.0 Å². The average Bonchev–Trinajstić information content (AvgIpc) is 3.38. The van der Waals surface area contributed by atoms with Gasteiger partial charge < -0.3 is 15.2 Å². The first kappa shape index (κ1) is 25.3. The minimum absolute atomic E-state index is 0. The predicted octanol–water partition coefficient (Wildman–Crippen LogP) is 1.99. The van der Waals surface area contributed by atoms with Gasteiger partial charge in [-0.05, 0) is 52.6 Å². The van der Waals surface area contributed by atoms with Crippen LogP contribution in [0.2, 0.25) is 0 Å². The molecule has 0 aromatic carbocycles. The van der Waals surface area contributed by atoms with Gasteiger partial charge in [0, 0.05) is 44.8 Å². The molecule has 2 fully saturated rings. The number of guanidine groups is 1. The Morgan fingerprint density at radius 2 is 2.03 bits per heavy atom. The molecule has 9 heteroatoms. The van der Waals surface area contributed by atoms with Crippen LogP contribution < -0.4 is 10.6 Å². The smallest absolute Gasteiger partial charge is 0.192 e. The van der Waals surface area contributed by atoms with Gasteiger partial charge >= 0.3 is 0 Å². The van der Waals surface area contributed by atoms with Gasteiger partial charge in [0.15, 0.2) is 11.8 Å². The quantitative estimate of drug-likeness (QED) is 0.318. The Morgan fingerprint density at radius 3 is 2.63 bits per heavy atom. The van der Waals surface area contributed by atoms with Crippen molar-refractivity contribution in [2.45, 2.75) is 72.1 Å². The number of hydrogen-bond donors (Lipinski definition) is 2. The highest BCUT2D eigenvalue weighted by atomic mass is 127. The Labute approximate surface area is 199 Å². The molecule has 1 aromatic heterocycles. The third-order valence-electron chi connectivity index (χ3n) is 6.66. The summed E-state index contributed by atoms with van der Waals surface area (Å²) >= 11 is 0. The molecule has 0 amide bonds. The van der Waals surface area contributed by atoms with Crippen LogP contribution in [0.15, 0.2) is 4.99 Å². The highest BCUT2D eigenvalue weighted by Gasteiger charge is 2.31. The normalized spacial score (nSPS) is 25.7. The topological polar surface area (TPSA) is 73.6 Å². The molecule has 3 atom stereocenters. The molecule has 0 aliphatic carbocycles. The largest absolute Gasteiger partial charge is 0.355 e. The summed E-state index contributed by atoms with van der Waals surface area (Å²) in [7, 11) is 2.00. The predicted molar refractivity (Wildman–Crippen MR) is 133 cm³/mol. The van der Waals surface area contributed by atoms with Crippen LogP contribution >= 0.6 is 24.0 Å². The van der Waals surface area contributed by atoms with Crippen molar-refractivity contribution in [3.05, 3.63) is 11.6 Å². The van der Waals surface area contributed by atoms with E-state index in [0.717, 1.165) is 43.8 Å². The maximum atomic E-state index is 4.88. The van der Waals surface area contributed by atoms with E-state index in [1.165, 1.54) is 19.4 Å². The molecule has 3 heterocycles. The maximum absolute atomic E-state index is 4.88. The third-order valence-corrected chi connectivity index (χ3v) is 6.66. The number of likely N-dealkylation sites (tertiary alicyclic amines) is 2. The molecule has 2 aliphatic heterocycles. The summed E-state index contributed by atoms with van der Waals surface area (Å²) in [6.45, 7) is 17.1. The average molecular weight is 533 g/mol. The Morgan fingerprint density at radius 1 is 1.27 bits per heavy atom. The second kappa shape index (κ2) is 11.6. The first-order chi connectivity index (χ1) is 13.9. The van der Waals surface area contributed by atoms with Crippen molar-refractivity contribution in [3.63, 3.8) is 0 Å². The number of aromatic nitrogens is 3. The fourth-order valence-electron chi connectivity index (χ4n) is 4.44. The minimum Gasteiger partial charge on any atom is -0.355 e. The molecule has 1 aromatic rings. The lowest BCUT2D eigenvalue weighted by Gasteiger charge is -2.26. The number of halogens is 1. The van der Waals surface area contributed by atoms with E-state index in [1.54, 1.807) is 0 Å². The fraction of sp³-hybridized carbons (Fsp3) is 0.857. The summed E-state index contributed by atoms with van der Waals surface area (Å²) in [5, 5.41) is 15.8. The number of nitrogens with zero attached hydrogens (tertiary/aromatic N) is 6. The molecule has 3 unspecified atom stereocenters. The molecule has 2 aliphatic rings. The van der Waals surface area contributed by atoms with Gasteiger partial charge in [-0.1, -0.05) is 13.8 Å². The SMILES string of the molecule is CCN1CCCC1CNC(=NCc1nnc(C)n1C)NC1CN(C(C)C)CC1C.I. The molecular weight excluding hydrogens is 491 g/mol. The number of aliphatic imine (C=N–C) groups is 1. The maximum Gasteiger partial charge on any atom is 0.192 e. The first-order valence-electron chi connectivity index (χ1n) is 11.3. The number of likely N-dealkylation sites (N-methyl/N-ethyl adjacent to an activating group) is 1. The highest BCUT2D eigenvalue weighted by Crippen LogP contribution is 2.19. The summed E-state index contributed by atoms with van der Waals surface area (Å²) in [4.78, 5) is 9.99. The number of rotatable bonds is 7. The van der Waals surface area contributed by atoms with E-state index >= 15 is 0 Å². The molecule has 30 heavy (non-hydrogen) atoms. The molecule has 8 nitrogen and oxygen atoms in total. The third kappa shape index (κ3) is 6.29. The van der Waals surface area contributed by atoms with Crippen molar-refractivity contribution in [1.82, 2.24) is 35.2 Å². The van der Waals surface area contributed by atoms with E-state index in [1.807, 2.05) is 18.5 Å². The van der Waals surface area contributed by atoms with E-state index in [0.29, 0.717) is 30.6 Å². The van der Waals surface area contributed by atoms with Crippen molar-refractivity contribution < 1.29 is 0 Å². The van der Waals surface area contributed by atoms with Crippen LogP contribution in [0, 0.1) is 12.8 Å². The molecular formula is C21H41IN8. The first-order valence-corrected chi connectivity index (χ1v) is 11.3. The summed E-state index contributed by atoms with van der Waals surface area (Å²) < 4.78 is 2.01. The van der Waals surface area contributed by atoms with Gasteiger partial charge in [0.05, 0.1) is 0 Å². The number of nitrogens with one attached hydrogen (secondary N) is 2. The zero-order chi connectivity index (χ0) is 21.0. The zero-order valence-electron chi connectivity index (χ0n) is 19.6. The zero-order valence-corrected chi connectivity index (χ0v) is 21.9. The van der Waals surface area contributed by atoms with E-state index in [9.17, 15) is 0 Å². The van der Waals surface area contributed by atoms with E-state index in [2.05, 4.69) is 58.3 Å². The highest BCUT2D eigenvalue weighted by molar-refractivity contribution is 14.0. The van der Waals surface area contributed by atoms with Crippen molar-refractivity contribution in [1.29, 1.82) is 0 Å². The molecule has 0 bridgehead atoms. The van der Waals surface area contributed by atoms with Crippen LogP contribution in [0.25, 0.3) is 0 Å². The van der Waals surface area contributed by atoms with Gasteiger partial charge in [-0.3, -0.25) is 9.80 Å². The van der Waals surface area contributed by atoms with Gasteiger partial charge in [0.25, 0.3) is 0 Å². The molecule has 2 saturated heterocycles. The Hall–Kier alpha value is -0.940. The molecule has 2 N–H and O–H groups in total. The second-order valence-electron chi connectivity index (χ2n) is 8.97. The molecule has 0 radical (unpaired) electrons. The van der Waals surface area contributed by atoms with Crippen LogP contribution in [0.4, 0.5) is 0 Å².